The zero-order chi connectivity index (χ0) is 24.2. The first-order chi connectivity index (χ1) is 15.1. The molecule has 174 valence electrons. The number of Topliss-reactive ketones (excluding diaryl/α,β-unsaturated/α-hetero) is 1. The van der Waals surface area contributed by atoms with E-state index >= 15 is 0 Å². The molecule has 0 spiro atoms. The maximum atomic E-state index is 13.7. The number of esters is 1. The molecule has 0 saturated carbocycles. The SMILES string of the molecule is CCn1c(C)c(C(=O)C(C)N(CCC(C)C)C(=O)c2ccccc2Cl)c(C)c1C(=O)OC. The molecule has 1 aromatic heterocycles. The van der Waals surface area contributed by atoms with Crippen LogP contribution in [0, 0.1) is 19.8 Å². The maximum Gasteiger partial charge on any atom is 0.354 e. The predicted octanol–water partition coefficient (Wildman–Crippen LogP) is 5.32. The summed E-state index contributed by atoms with van der Waals surface area (Å²) in [7, 11) is 1.32. The van der Waals surface area contributed by atoms with E-state index in [1.165, 1.54) is 7.11 Å². The maximum absolute atomic E-state index is 13.7. The highest BCUT2D eigenvalue weighted by Crippen LogP contribution is 2.27. The molecule has 2 rings (SSSR count). The van der Waals surface area contributed by atoms with Crippen LogP contribution in [0.15, 0.2) is 24.3 Å². The van der Waals surface area contributed by atoms with Gasteiger partial charge >= 0.3 is 5.97 Å². The minimum absolute atomic E-state index is 0.207. The summed E-state index contributed by atoms with van der Waals surface area (Å²) in [5.41, 5.74) is 2.46. The number of carbonyl (C=O) groups is 3. The van der Waals surface area contributed by atoms with E-state index in [0.29, 0.717) is 52.1 Å². The molecule has 0 aliphatic heterocycles. The van der Waals surface area contributed by atoms with E-state index in [2.05, 4.69) is 13.8 Å². The number of amides is 1. The zero-order valence-electron chi connectivity index (χ0n) is 20.0. The summed E-state index contributed by atoms with van der Waals surface area (Å²) in [5, 5.41) is 0.351. The van der Waals surface area contributed by atoms with E-state index in [0.717, 1.165) is 6.42 Å². The van der Waals surface area contributed by atoms with Crippen molar-refractivity contribution in [3.8, 4) is 0 Å². The van der Waals surface area contributed by atoms with Crippen LogP contribution in [0.1, 0.15) is 76.6 Å². The molecule has 1 amide bonds. The summed E-state index contributed by atoms with van der Waals surface area (Å²) in [5.74, 6) is -0.616. The molecule has 32 heavy (non-hydrogen) atoms. The van der Waals surface area contributed by atoms with Crippen LogP contribution in [-0.4, -0.2) is 46.8 Å². The fourth-order valence-electron chi connectivity index (χ4n) is 4.02. The van der Waals surface area contributed by atoms with Crippen molar-refractivity contribution >= 4 is 29.3 Å². The molecule has 0 N–H and O–H groups in total. The topological polar surface area (TPSA) is 68.6 Å². The molecule has 0 aliphatic rings. The number of methoxy groups -OCH3 is 1. The van der Waals surface area contributed by atoms with Crippen molar-refractivity contribution < 1.29 is 19.1 Å². The Morgan fingerprint density at radius 2 is 1.75 bits per heavy atom. The molecule has 0 saturated heterocycles. The van der Waals surface area contributed by atoms with Crippen LogP contribution in [0.5, 0.6) is 0 Å². The number of rotatable bonds is 9. The molecule has 1 unspecified atom stereocenters. The van der Waals surface area contributed by atoms with Crippen LogP contribution in [0.4, 0.5) is 0 Å². The number of hydrogen-bond acceptors (Lipinski definition) is 4. The average molecular weight is 461 g/mol. The summed E-state index contributed by atoms with van der Waals surface area (Å²) in [6.45, 7) is 12.3. The lowest BCUT2D eigenvalue weighted by atomic mass is 9.98. The average Bonchev–Trinajstić information content (AvgIpc) is 3.01. The second-order valence-electron chi connectivity index (χ2n) is 8.37. The molecule has 0 fully saturated rings. The number of halogens is 1. The number of hydrogen-bond donors (Lipinski definition) is 0. The van der Waals surface area contributed by atoms with E-state index in [1.807, 2.05) is 13.8 Å². The molecule has 0 aliphatic carbocycles. The number of aromatic nitrogens is 1. The van der Waals surface area contributed by atoms with Crippen molar-refractivity contribution in [2.24, 2.45) is 5.92 Å². The van der Waals surface area contributed by atoms with Gasteiger partial charge in [0.15, 0.2) is 5.78 Å². The fourth-order valence-corrected chi connectivity index (χ4v) is 4.24. The Bertz CT molecular complexity index is 1010. The van der Waals surface area contributed by atoms with Gasteiger partial charge in [-0.2, -0.15) is 0 Å². The Labute approximate surface area is 195 Å². The molecule has 0 radical (unpaired) electrons. The molecule has 1 atom stereocenters. The van der Waals surface area contributed by atoms with Gasteiger partial charge in [0.25, 0.3) is 5.91 Å². The molecule has 1 aromatic carbocycles. The van der Waals surface area contributed by atoms with Crippen molar-refractivity contribution in [1.82, 2.24) is 9.47 Å². The largest absolute Gasteiger partial charge is 0.464 e. The van der Waals surface area contributed by atoms with E-state index in [4.69, 9.17) is 16.3 Å². The highest BCUT2D eigenvalue weighted by atomic mass is 35.5. The van der Waals surface area contributed by atoms with Gasteiger partial charge in [-0.3, -0.25) is 9.59 Å². The lowest BCUT2D eigenvalue weighted by Gasteiger charge is -2.30. The minimum atomic E-state index is -0.729. The first kappa shape index (κ1) is 25.7. The standard InChI is InChI=1S/C25H33ClN2O4/c1-8-27-17(5)21(16(4)22(27)25(31)32-7)23(29)18(6)28(14-13-15(2)3)24(30)19-11-9-10-12-20(19)26/h9-12,15,18H,8,13-14H2,1-7H3. The number of carbonyl (C=O) groups excluding carboxylic acids is 3. The van der Waals surface area contributed by atoms with Gasteiger partial charge in [0, 0.05) is 24.3 Å². The van der Waals surface area contributed by atoms with Crippen LogP contribution >= 0.6 is 11.6 Å². The third-order valence-electron chi connectivity index (χ3n) is 5.87. The van der Waals surface area contributed by atoms with Crippen LogP contribution < -0.4 is 0 Å². The summed E-state index contributed by atoms with van der Waals surface area (Å²) in [4.78, 5) is 41.1. The summed E-state index contributed by atoms with van der Waals surface area (Å²) in [6.07, 6.45) is 0.745. The van der Waals surface area contributed by atoms with E-state index in [-0.39, 0.29) is 11.7 Å². The highest BCUT2D eigenvalue weighted by Gasteiger charge is 2.33. The van der Waals surface area contributed by atoms with Gasteiger partial charge in [0.2, 0.25) is 0 Å². The zero-order valence-corrected chi connectivity index (χ0v) is 20.7. The molecule has 2 aromatic rings. The Hall–Kier alpha value is -2.60. The van der Waals surface area contributed by atoms with E-state index < -0.39 is 12.0 Å². The summed E-state index contributed by atoms with van der Waals surface area (Å²) in [6, 6.07) is 6.13. The number of benzene rings is 1. The van der Waals surface area contributed by atoms with Gasteiger partial charge in [-0.1, -0.05) is 37.6 Å². The quantitative estimate of drug-likeness (QED) is 0.375. The first-order valence-electron chi connectivity index (χ1n) is 10.9. The van der Waals surface area contributed by atoms with Crippen LogP contribution in [-0.2, 0) is 11.3 Å². The second kappa shape index (κ2) is 10.8. The molecular formula is C25H33ClN2O4. The van der Waals surface area contributed by atoms with Crippen LogP contribution in [0.2, 0.25) is 5.02 Å². The summed E-state index contributed by atoms with van der Waals surface area (Å²) >= 11 is 6.28. The second-order valence-corrected chi connectivity index (χ2v) is 8.78. The van der Waals surface area contributed by atoms with Crippen molar-refractivity contribution in [3.63, 3.8) is 0 Å². The van der Waals surface area contributed by atoms with Crippen LogP contribution in [0.3, 0.4) is 0 Å². The van der Waals surface area contributed by atoms with Crippen molar-refractivity contribution in [2.45, 2.75) is 60.5 Å². The normalized spacial score (nSPS) is 12.0. The predicted molar refractivity (Wildman–Crippen MR) is 127 cm³/mol. The van der Waals surface area contributed by atoms with Gasteiger partial charge in [-0.25, -0.2) is 4.79 Å². The Morgan fingerprint density at radius 3 is 2.28 bits per heavy atom. The number of ketones is 1. The lowest BCUT2D eigenvalue weighted by Crippen LogP contribution is -2.44. The Balaban J connectivity index is 2.52. The highest BCUT2D eigenvalue weighted by molar-refractivity contribution is 6.33. The third-order valence-corrected chi connectivity index (χ3v) is 6.20. The lowest BCUT2D eigenvalue weighted by molar-refractivity contribution is 0.0586. The van der Waals surface area contributed by atoms with Gasteiger partial charge in [0.05, 0.1) is 23.7 Å². The van der Waals surface area contributed by atoms with Crippen molar-refractivity contribution in [1.29, 1.82) is 0 Å². The fraction of sp³-hybridized carbons (Fsp3) is 0.480. The Kier molecular flexibility index (Phi) is 8.67. The molecule has 1 heterocycles. The third kappa shape index (κ3) is 5.07. The minimum Gasteiger partial charge on any atom is -0.464 e. The molecular weight excluding hydrogens is 428 g/mol. The summed E-state index contributed by atoms with van der Waals surface area (Å²) < 4.78 is 6.73. The van der Waals surface area contributed by atoms with Gasteiger partial charge in [0.1, 0.15) is 5.69 Å². The smallest absolute Gasteiger partial charge is 0.354 e. The van der Waals surface area contributed by atoms with Gasteiger partial charge in [-0.05, 0) is 57.7 Å². The first-order valence-corrected chi connectivity index (χ1v) is 11.3. The van der Waals surface area contributed by atoms with Crippen molar-refractivity contribution in [2.75, 3.05) is 13.7 Å². The van der Waals surface area contributed by atoms with E-state index in [9.17, 15) is 14.4 Å². The number of nitrogens with zero attached hydrogens (tertiary/aromatic N) is 2. The van der Waals surface area contributed by atoms with Crippen molar-refractivity contribution in [3.05, 3.63) is 57.4 Å². The number of ether oxygens (including phenoxy) is 1. The van der Waals surface area contributed by atoms with Gasteiger partial charge in [-0.15, -0.1) is 0 Å². The Morgan fingerprint density at radius 1 is 1.12 bits per heavy atom. The molecule has 6 nitrogen and oxygen atoms in total. The van der Waals surface area contributed by atoms with Gasteiger partial charge < -0.3 is 14.2 Å². The van der Waals surface area contributed by atoms with Crippen LogP contribution in [0.25, 0.3) is 0 Å². The van der Waals surface area contributed by atoms with E-state index in [1.54, 1.807) is 47.6 Å². The molecule has 7 heteroatoms. The molecule has 0 bridgehead atoms. The monoisotopic (exact) mass is 460 g/mol.